The lowest BCUT2D eigenvalue weighted by molar-refractivity contribution is 0.672. The lowest BCUT2D eigenvalue weighted by atomic mass is 9.85. The summed E-state index contributed by atoms with van der Waals surface area (Å²) in [6.07, 6.45) is 0.747. The standard InChI is InChI=1S/C102H62N4O2/c1-2-92-104-99-68(39-22-42-89(99)105(92)67-52-47-61(48-53-67)94-77-32-13-17-36-81(77)95(82-37-18-14-33-78(82)94)64-50-55-90-85(58-64)97-73-28-9-6-25-69(73)71-27-8-19-38-83(71)100(97)107-90)63-49-54-72-70-26-7-10-29-74(70)98-86-59-65(51-56-91(86)108-101(98)84(72)57-63)96-79-34-15-11-30-75(79)93(76-31-12-16-35-80(76)96)60-43-45-62(46-44-60)102-103-87-40-20-21-41-88(87)106(102)66-23-4-3-5-24-66/h3-59H,2H2,1H3. The Morgan fingerprint density at radius 2 is 0.639 bits per heavy atom. The summed E-state index contributed by atoms with van der Waals surface area (Å²) in [5, 5.41) is 23.4. The molecule has 19 aromatic carbocycles. The van der Waals surface area contributed by atoms with Gasteiger partial charge in [0.25, 0.3) is 0 Å². The first-order valence-corrected chi connectivity index (χ1v) is 37.2. The van der Waals surface area contributed by atoms with E-state index < -0.39 is 0 Å². The average molecular weight is 1380 g/mol. The highest BCUT2D eigenvalue weighted by Gasteiger charge is 2.26. The quantitative estimate of drug-likeness (QED) is 0.107. The molecule has 0 aliphatic carbocycles. The van der Waals surface area contributed by atoms with Gasteiger partial charge in [-0.3, -0.25) is 9.13 Å². The van der Waals surface area contributed by atoms with Gasteiger partial charge in [0.15, 0.2) is 0 Å². The first-order chi connectivity index (χ1) is 53.5. The molecule has 0 spiro atoms. The number of rotatable bonds is 9. The van der Waals surface area contributed by atoms with Crippen molar-refractivity contribution in [2.45, 2.75) is 13.3 Å². The van der Waals surface area contributed by atoms with Crippen molar-refractivity contribution in [3.05, 3.63) is 352 Å². The van der Waals surface area contributed by atoms with Gasteiger partial charge in [0, 0.05) is 61.2 Å². The van der Waals surface area contributed by atoms with Crippen LogP contribution in [0.15, 0.2) is 355 Å². The smallest absolute Gasteiger partial charge is 0.145 e. The molecule has 0 fully saturated rings. The minimum Gasteiger partial charge on any atom is -0.455 e. The van der Waals surface area contributed by atoms with Crippen LogP contribution in [0, 0.1) is 0 Å². The van der Waals surface area contributed by atoms with Crippen LogP contribution in [0.25, 0.3) is 231 Å². The molecule has 0 unspecified atom stereocenters. The third-order valence-corrected chi connectivity index (χ3v) is 23.0. The fourth-order valence-corrected chi connectivity index (χ4v) is 18.4. The van der Waals surface area contributed by atoms with Crippen molar-refractivity contribution >= 4 is 152 Å². The Kier molecular flexibility index (Phi) is 13.1. The fraction of sp³-hybridized carbons (Fsp3) is 0.0196. The van der Waals surface area contributed by atoms with Crippen LogP contribution in [0.3, 0.4) is 0 Å². The molecule has 4 heterocycles. The maximum Gasteiger partial charge on any atom is 0.145 e. The van der Waals surface area contributed by atoms with Gasteiger partial charge in [-0.25, -0.2) is 9.97 Å². The van der Waals surface area contributed by atoms with E-state index in [2.05, 4.69) is 362 Å². The van der Waals surface area contributed by atoms with E-state index in [0.29, 0.717) is 0 Å². The van der Waals surface area contributed by atoms with Crippen molar-refractivity contribution in [2.75, 3.05) is 0 Å². The van der Waals surface area contributed by atoms with E-state index in [1.54, 1.807) is 0 Å². The molecule has 0 saturated carbocycles. The number of para-hydroxylation sites is 4. The van der Waals surface area contributed by atoms with Gasteiger partial charge in [-0.15, -0.1) is 0 Å². The molecule has 0 N–H and O–H groups in total. The molecule has 0 aliphatic heterocycles. The number of hydrogen-bond acceptors (Lipinski definition) is 4. The molecule has 6 nitrogen and oxygen atoms in total. The van der Waals surface area contributed by atoms with Crippen LogP contribution in [0.5, 0.6) is 0 Å². The molecule has 0 radical (unpaired) electrons. The fourth-order valence-electron chi connectivity index (χ4n) is 18.4. The molecular weight excluding hydrogens is 1310 g/mol. The number of furan rings is 2. The second-order valence-corrected chi connectivity index (χ2v) is 28.7. The van der Waals surface area contributed by atoms with E-state index in [1.165, 1.54) is 86.9 Å². The van der Waals surface area contributed by atoms with Gasteiger partial charge in [-0.2, -0.15) is 0 Å². The van der Waals surface area contributed by atoms with E-state index in [4.69, 9.17) is 18.8 Å². The van der Waals surface area contributed by atoms with Crippen LogP contribution in [-0.4, -0.2) is 19.1 Å². The maximum atomic E-state index is 7.22. The predicted octanol–water partition coefficient (Wildman–Crippen LogP) is 28.0. The molecule has 0 aliphatic rings. The number of hydrogen-bond donors (Lipinski definition) is 0. The predicted molar refractivity (Wildman–Crippen MR) is 452 cm³/mol. The molecule has 0 saturated heterocycles. The minimum atomic E-state index is 0.747. The Balaban J connectivity index is 0.620. The number of fused-ring (bicyclic) bond motifs is 22. The first-order valence-electron chi connectivity index (χ1n) is 37.2. The van der Waals surface area contributed by atoms with Gasteiger partial charge >= 0.3 is 0 Å². The summed E-state index contributed by atoms with van der Waals surface area (Å²) < 4.78 is 18.7. The van der Waals surface area contributed by atoms with Crippen LogP contribution >= 0.6 is 0 Å². The second-order valence-electron chi connectivity index (χ2n) is 28.7. The molecule has 0 atom stereocenters. The summed E-state index contributed by atoms with van der Waals surface area (Å²) in [6.45, 7) is 2.21. The summed E-state index contributed by atoms with van der Waals surface area (Å²) >= 11 is 0. The first kappa shape index (κ1) is 60.2. The van der Waals surface area contributed by atoms with Crippen molar-refractivity contribution in [1.29, 1.82) is 0 Å². The molecule has 0 bridgehead atoms. The number of nitrogens with zero attached hydrogens (tertiary/aromatic N) is 4. The summed E-state index contributed by atoms with van der Waals surface area (Å²) in [7, 11) is 0. The van der Waals surface area contributed by atoms with Crippen molar-refractivity contribution < 1.29 is 8.83 Å². The summed E-state index contributed by atoms with van der Waals surface area (Å²) in [4.78, 5) is 10.7. The van der Waals surface area contributed by atoms with E-state index in [1.807, 2.05) is 0 Å². The average Bonchev–Trinajstić information content (AvgIpc) is 1.44. The van der Waals surface area contributed by atoms with Crippen LogP contribution in [0.2, 0.25) is 0 Å². The zero-order valence-electron chi connectivity index (χ0n) is 58.7. The Morgan fingerprint density at radius 1 is 0.259 bits per heavy atom. The van der Waals surface area contributed by atoms with Crippen LogP contribution < -0.4 is 0 Å². The van der Waals surface area contributed by atoms with Crippen molar-refractivity contribution in [3.63, 3.8) is 0 Å². The highest BCUT2D eigenvalue weighted by atomic mass is 16.3. The van der Waals surface area contributed by atoms with Gasteiger partial charge in [-0.05, 0) is 198 Å². The molecular formula is C102H62N4O2. The zero-order chi connectivity index (χ0) is 70.8. The monoisotopic (exact) mass is 1370 g/mol. The lowest BCUT2D eigenvalue weighted by Crippen LogP contribution is -2.00. The normalized spacial score (nSPS) is 12.2. The Labute approximate surface area is 619 Å². The van der Waals surface area contributed by atoms with Crippen molar-refractivity contribution in [2.24, 2.45) is 0 Å². The number of imidazole rings is 2. The minimum absolute atomic E-state index is 0.747. The largest absolute Gasteiger partial charge is 0.455 e. The van der Waals surface area contributed by atoms with E-state index >= 15 is 0 Å². The Bertz CT molecular complexity index is 7650. The summed E-state index contributed by atoms with van der Waals surface area (Å²) in [5.74, 6) is 1.91. The van der Waals surface area contributed by atoms with Gasteiger partial charge in [0.1, 0.15) is 34.0 Å². The highest BCUT2D eigenvalue weighted by Crippen LogP contribution is 2.51. The molecule has 4 aromatic heterocycles. The van der Waals surface area contributed by atoms with Crippen LogP contribution in [-0.2, 0) is 6.42 Å². The Hall–Kier alpha value is -14.2. The molecule has 23 rings (SSSR count). The van der Waals surface area contributed by atoms with Gasteiger partial charge in [-0.1, -0.05) is 280 Å². The highest BCUT2D eigenvalue weighted by molar-refractivity contribution is 6.33. The molecule has 108 heavy (non-hydrogen) atoms. The topological polar surface area (TPSA) is 61.9 Å². The van der Waals surface area contributed by atoms with E-state index in [-0.39, 0.29) is 0 Å². The second kappa shape index (κ2) is 23.4. The number of aromatic nitrogens is 4. The molecule has 502 valence electrons. The third kappa shape index (κ3) is 8.83. The lowest BCUT2D eigenvalue weighted by Gasteiger charge is -2.18. The third-order valence-electron chi connectivity index (χ3n) is 23.0. The summed E-state index contributed by atoms with van der Waals surface area (Å²) in [6, 6.07) is 126. The van der Waals surface area contributed by atoms with Crippen molar-refractivity contribution in [3.8, 4) is 78.4 Å². The molecule has 0 amide bonds. The maximum absolute atomic E-state index is 7.22. The van der Waals surface area contributed by atoms with Crippen LogP contribution in [0.1, 0.15) is 12.7 Å². The Morgan fingerprint density at radius 3 is 1.17 bits per heavy atom. The number of aryl methyl sites for hydroxylation is 1. The number of benzene rings is 19. The zero-order valence-corrected chi connectivity index (χ0v) is 58.7. The van der Waals surface area contributed by atoms with Gasteiger partial charge < -0.3 is 8.83 Å². The van der Waals surface area contributed by atoms with E-state index in [9.17, 15) is 0 Å². The summed E-state index contributed by atoms with van der Waals surface area (Å²) in [5.41, 5.74) is 22.4. The SMILES string of the molecule is CCc1nc2c(-c3ccc4c5ccccc5c5c6cc(-c7c8ccccc8c(-c8ccc(-c9nc%10ccccc%10n9-c9ccccc9)cc8)c8ccccc78)ccc6oc5c4c3)cccc2n1-c1ccc(-c2c3ccccc3c(-c3ccc4oc5c6ccccc6c6ccccc6c5c4c3)c3ccccc23)cc1. The van der Waals surface area contributed by atoms with Gasteiger partial charge in [0.2, 0.25) is 0 Å². The molecule has 23 aromatic rings. The van der Waals surface area contributed by atoms with E-state index in [0.717, 1.165) is 156 Å². The van der Waals surface area contributed by atoms with Crippen LogP contribution in [0.4, 0.5) is 0 Å². The van der Waals surface area contributed by atoms with Gasteiger partial charge in [0.05, 0.1) is 22.1 Å². The van der Waals surface area contributed by atoms with Crippen molar-refractivity contribution in [1.82, 2.24) is 19.1 Å². The molecule has 6 heteroatoms.